The van der Waals surface area contributed by atoms with Crippen LogP contribution in [-0.4, -0.2) is 5.78 Å². The van der Waals surface area contributed by atoms with Gasteiger partial charge in [0, 0.05) is 5.56 Å². The average molecular weight is 251 g/mol. The van der Waals surface area contributed by atoms with Crippen LogP contribution in [0.2, 0.25) is 0 Å². The van der Waals surface area contributed by atoms with E-state index in [4.69, 9.17) is 11.6 Å². The number of rotatable bonds is 4. The highest BCUT2D eigenvalue weighted by Crippen LogP contribution is 2.33. The second kappa shape index (κ2) is 5.05. The van der Waals surface area contributed by atoms with E-state index in [1.807, 2.05) is 39.8 Å². The lowest BCUT2D eigenvalue weighted by Crippen LogP contribution is -2.15. The van der Waals surface area contributed by atoms with E-state index in [0.29, 0.717) is 0 Å². The van der Waals surface area contributed by atoms with Crippen molar-refractivity contribution in [2.75, 3.05) is 0 Å². The Morgan fingerprint density at radius 1 is 1.47 bits per heavy atom. The molecular formula is C15H19ClO. The molecule has 0 aliphatic rings. The number of carbonyl (C=O) groups is 1. The summed E-state index contributed by atoms with van der Waals surface area (Å²) in [5.41, 5.74) is 3.80. The molecule has 92 valence electrons. The molecular weight excluding hydrogens is 232 g/mol. The summed E-state index contributed by atoms with van der Waals surface area (Å²) in [6.45, 7) is 11.4. The first kappa shape index (κ1) is 14.0. The first-order chi connectivity index (χ1) is 7.82. The van der Waals surface area contributed by atoms with E-state index in [-0.39, 0.29) is 5.78 Å². The summed E-state index contributed by atoms with van der Waals surface area (Å²) in [5, 5.41) is 0. The maximum atomic E-state index is 11.9. The van der Waals surface area contributed by atoms with Crippen molar-refractivity contribution in [1.82, 2.24) is 0 Å². The van der Waals surface area contributed by atoms with E-state index >= 15 is 0 Å². The van der Waals surface area contributed by atoms with E-state index in [2.05, 4.69) is 6.58 Å². The topological polar surface area (TPSA) is 17.1 Å². The number of hydrogen-bond acceptors (Lipinski definition) is 1. The average Bonchev–Trinajstić information content (AvgIpc) is 2.25. The zero-order chi connectivity index (χ0) is 13.2. The van der Waals surface area contributed by atoms with Crippen LogP contribution in [0.15, 0.2) is 24.8 Å². The van der Waals surface area contributed by atoms with Crippen LogP contribution in [0.4, 0.5) is 0 Å². The van der Waals surface area contributed by atoms with Crippen LogP contribution in [0, 0.1) is 6.92 Å². The lowest BCUT2D eigenvalue weighted by Gasteiger charge is -2.23. The standard InChI is InChI=1S/C15H19ClO/c1-6-11-12(15(4,5)16)9-8-10(3)14(11)13(17)7-2/h7-9H,2,6H2,1,3-5H3. The van der Waals surface area contributed by atoms with E-state index < -0.39 is 4.87 Å². The molecule has 0 fully saturated rings. The SMILES string of the molecule is C=CC(=O)c1c(C)ccc(C(C)(C)Cl)c1CC. The second-order valence-corrected chi connectivity index (χ2v) is 5.62. The van der Waals surface area contributed by atoms with E-state index in [0.717, 1.165) is 28.7 Å². The number of ketones is 1. The molecule has 0 aliphatic heterocycles. The van der Waals surface area contributed by atoms with E-state index in [9.17, 15) is 4.79 Å². The van der Waals surface area contributed by atoms with Crippen LogP contribution in [0.25, 0.3) is 0 Å². The third-order valence-electron chi connectivity index (χ3n) is 2.95. The number of alkyl halides is 1. The summed E-state index contributed by atoms with van der Waals surface area (Å²) in [6.07, 6.45) is 2.16. The van der Waals surface area contributed by atoms with Crippen molar-refractivity contribution < 1.29 is 4.79 Å². The zero-order valence-electron chi connectivity index (χ0n) is 10.9. The van der Waals surface area contributed by atoms with E-state index in [1.165, 1.54) is 6.08 Å². The van der Waals surface area contributed by atoms with Gasteiger partial charge in [-0.25, -0.2) is 0 Å². The third kappa shape index (κ3) is 2.78. The highest BCUT2D eigenvalue weighted by Gasteiger charge is 2.23. The summed E-state index contributed by atoms with van der Waals surface area (Å²) in [6, 6.07) is 3.97. The van der Waals surface area contributed by atoms with Gasteiger partial charge in [-0.1, -0.05) is 25.6 Å². The van der Waals surface area contributed by atoms with Gasteiger partial charge in [-0.05, 0) is 50.0 Å². The minimum Gasteiger partial charge on any atom is -0.289 e. The fourth-order valence-corrected chi connectivity index (χ4v) is 2.31. The molecule has 1 aromatic rings. The molecule has 1 nitrogen and oxygen atoms in total. The van der Waals surface area contributed by atoms with Gasteiger partial charge in [-0.2, -0.15) is 0 Å². The summed E-state index contributed by atoms with van der Waals surface area (Å²) in [4.78, 5) is 11.5. The Labute approximate surface area is 108 Å². The van der Waals surface area contributed by atoms with Gasteiger partial charge in [0.2, 0.25) is 0 Å². The highest BCUT2D eigenvalue weighted by atomic mass is 35.5. The Morgan fingerprint density at radius 3 is 2.47 bits per heavy atom. The molecule has 17 heavy (non-hydrogen) atoms. The molecule has 0 amide bonds. The summed E-state index contributed by atoms with van der Waals surface area (Å²) in [7, 11) is 0. The molecule has 0 heterocycles. The molecule has 0 aliphatic carbocycles. The molecule has 0 unspecified atom stereocenters. The van der Waals surface area contributed by atoms with Gasteiger partial charge in [0.05, 0.1) is 4.87 Å². The summed E-state index contributed by atoms with van der Waals surface area (Å²) < 4.78 is 0. The summed E-state index contributed by atoms with van der Waals surface area (Å²) in [5.74, 6) is -0.0258. The summed E-state index contributed by atoms with van der Waals surface area (Å²) >= 11 is 6.38. The number of carbonyl (C=O) groups excluding carboxylic acids is 1. The molecule has 1 aromatic carbocycles. The largest absolute Gasteiger partial charge is 0.289 e. The fraction of sp³-hybridized carbons (Fsp3) is 0.400. The van der Waals surface area contributed by atoms with Crippen molar-refractivity contribution in [3.8, 4) is 0 Å². The lowest BCUT2D eigenvalue weighted by atomic mass is 9.87. The van der Waals surface area contributed by atoms with Crippen LogP contribution < -0.4 is 0 Å². The number of allylic oxidation sites excluding steroid dienone is 1. The first-order valence-corrected chi connectivity index (χ1v) is 6.19. The Balaban J connectivity index is 3.58. The molecule has 0 saturated carbocycles. The Bertz CT molecular complexity index is 453. The molecule has 0 radical (unpaired) electrons. The Kier molecular flexibility index (Phi) is 4.16. The second-order valence-electron chi connectivity index (χ2n) is 4.68. The van der Waals surface area contributed by atoms with Crippen molar-refractivity contribution in [3.63, 3.8) is 0 Å². The smallest absolute Gasteiger partial charge is 0.185 e. The number of halogens is 1. The van der Waals surface area contributed by atoms with Gasteiger partial charge in [0.25, 0.3) is 0 Å². The molecule has 0 saturated heterocycles. The normalized spacial score (nSPS) is 11.4. The lowest BCUT2D eigenvalue weighted by molar-refractivity contribution is 0.104. The molecule has 1 rings (SSSR count). The molecule has 0 spiro atoms. The van der Waals surface area contributed by atoms with Crippen LogP contribution in [0.1, 0.15) is 47.8 Å². The van der Waals surface area contributed by atoms with Crippen molar-refractivity contribution in [1.29, 1.82) is 0 Å². The van der Waals surface area contributed by atoms with Crippen LogP contribution in [0.3, 0.4) is 0 Å². The molecule has 0 atom stereocenters. The minimum absolute atomic E-state index is 0.0258. The van der Waals surface area contributed by atoms with E-state index in [1.54, 1.807) is 0 Å². The Morgan fingerprint density at radius 2 is 2.06 bits per heavy atom. The first-order valence-electron chi connectivity index (χ1n) is 5.81. The van der Waals surface area contributed by atoms with Gasteiger partial charge >= 0.3 is 0 Å². The monoisotopic (exact) mass is 250 g/mol. The number of benzene rings is 1. The van der Waals surface area contributed by atoms with Crippen molar-refractivity contribution in [3.05, 3.63) is 47.0 Å². The Hall–Kier alpha value is -1.08. The van der Waals surface area contributed by atoms with Crippen LogP contribution in [0.5, 0.6) is 0 Å². The zero-order valence-corrected chi connectivity index (χ0v) is 11.7. The van der Waals surface area contributed by atoms with Crippen molar-refractivity contribution >= 4 is 17.4 Å². The van der Waals surface area contributed by atoms with Gasteiger partial charge in [-0.3, -0.25) is 4.79 Å². The van der Waals surface area contributed by atoms with Gasteiger partial charge in [0.15, 0.2) is 5.78 Å². The van der Waals surface area contributed by atoms with Crippen LogP contribution >= 0.6 is 11.6 Å². The maximum absolute atomic E-state index is 11.9. The van der Waals surface area contributed by atoms with Gasteiger partial charge < -0.3 is 0 Å². The van der Waals surface area contributed by atoms with Crippen molar-refractivity contribution in [2.24, 2.45) is 0 Å². The predicted octanol–water partition coefficient (Wildman–Crippen LogP) is 4.40. The van der Waals surface area contributed by atoms with Gasteiger partial charge in [-0.15, -0.1) is 11.6 Å². The molecule has 2 heteroatoms. The highest BCUT2D eigenvalue weighted by molar-refractivity contribution is 6.23. The van der Waals surface area contributed by atoms with Crippen LogP contribution in [-0.2, 0) is 11.3 Å². The number of hydrogen-bond donors (Lipinski definition) is 0. The number of aryl methyl sites for hydroxylation is 1. The maximum Gasteiger partial charge on any atom is 0.185 e. The van der Waals surface area contributed by atoms with Crippen molar-refractivity contribution in [2.45, 2.75) is 39.0 Å². The third-order valence-corrected chi connectivity index (χ3v) is 3.15. The molecule has 0 aromatic heterocycles. The quantitative estimate of drug-likeness (QED) is 0.440. The molecule has 0 N–H and O–H groups in total. The fourth-order valence-electron chi connectivity index (χ4n) is 2.13. The van der Waals surface area contributed by atoms with Gasteiger partial charge in [0.1, 0.15) is 0 Å². The molecule has 0 bridgehead atoms. The predicted molar refractivity (Wildman–Crippen MR) is 74.0 cm³/mol. The minimum atomic E-state index is -0.463.